The molecule has 9 heavy (non-hydrogen) atoms. The molecule has 1 aliphatic heterocycles. The lowest BCUT2D eigenvalue weighted by atomic mass is 10.2. The van der Waals surface area contributed by atoms with Gasteiger partial charge in [0.2, 0.25) is 0 Å². The van der Waals surface area contributed by atoms with E-state index in [0.29, 0.717) is 6.61 Å². The van der Waals surface area contributed by atoms with Gasteiger partial charge in [-0.1, -0.05) is 0 Å². The van der Waals surface area contributed by atoms with E-state index >= 15 is 0 Å². The van der Waals surface area contributed by atoms with E-state index in [1.165, 1.54) is 6.42 Å². The quantitative estimate of drug-likeness (QED) is 0.525. The summed E-state index contributed by atoms with van der Waals surface area (Å²) in [6.07, 6.45) is 3.48. The Balaban J connectivity index is 2.18. The number of ether oxygens (including phenoxy) is 1. The van der Waals surface area contributed by atoms with Crippen LogP contribution in [0.3, 0.4) is 0 Å². The summed E-state index contributed by atoms with van der Waals surface area (Å²) in [5.74, 6) is 4.99. The molecule has 1 heterocycles. The number of rotatable bonds is 1. The summed E-state index contributed by atoms with van der Waals surface area (Å²) in [5, 5.41) is 0. The van der Waals surface area contributed by atoms with E-state index in [9.17, 15) is 0 Å². The predicted octanol–water partition coefficient (Wildman–Crippen LogP) is 0.446. The van der Waals surface area contributed by atoms with E-state index < -0.39 is 0 Å². The van der Waals surface area contributed by atoms with Crippen LogP contribution in [0.5, 0.6) is 0 Å². The minimum atomic E-state index is 0.132. The maximum Gasteiger partial charge on any atom is 0.102 e. The van der Waals surface area contributed by atoms with Gasteiger partial charge in [0.1, 0.15) is 6.10 Å². The fourth-order valence-electron chi connectivity index (χ4n) is 0.982. The summed E-state index contributed by atoms with van der Waals surface area (Å²) in [6, 6.07) is 0. The lowest BCUT2D eigenvalue weighted by molar-refractivity contribution is -0.00830. The summed E-state index contributed by atoms with van der Waals surface area (Å²) in [4.78, 5) is 4.65. The van der Waals surface area contributed by atoms with Crippen molar-refractivity contribution in [3.63, 3.8) is 0 Å². The Morgan fingerprint density at radius 2 is 2.33 bits per heavy atom. The van der Waals surface area contributed by atoms with Crippen LogP contribution in [0.25, 0.3) is 0 Å². The van der Waals surface area contributed by atoms with Crippen LogP contribution >= 0.6 is 0 Å². The van der Waals surface area contributed by atoms with Gasteiger partial charge in [-0.3, -0.25) is 4.84 Å². The Labute approximate surface area is 55.1 Å². The SMILES string of the molecule is NOC1CCCCOC1. The van der Waals surface area contributed by atoms with E-state index in [2.05, 4.69) is 4.84 Å². The van der Waals surface area contributed by atoms with E-state index in [4.69, 9.17) is 10.6 Å². The van der Waals surface area contributed by atoms with Gasteiger partial charge in [0.15, 0.2) is 0 Å². The predicted molar refractivity (Wildman–Crippen MR) is 33.7 cm³/mol. The van der Waals surface area contributed by atoms with Crippen molar-refractivity contribution >= 4 is 0 Å². The Morgan fingerprint density at radius 3 is 3.11 bits per heavy atom. The molecule has 1 saturated heterocycles. The smallest absolute Gasteiger partial charge is 0.102 e. The molecule has 3 nitrogen and oxygen atoms in total. The van der Waals surface area contributed by atoms with Crippen molar-refractivity contribution in [2.45, 2.75) is 25.4 Å². The van der Waals surface area contributed by atoms with Crippen molar-refractivity contribution in [1.82, 2.24) is 0 Å². The van der Waals surface area contributed by atoms with E-state index in [1.54, 1.807) is 0 Å². The lowest BCUT2D eigenvalue weighted by Gasteiger charge is -2.08. The summed E-state index contributed by atoms with van der Waals surface area (Å²) in [7, 11) is 0. The zero-order valence-electron chi connectivity index (χ0n) is 5.51. The second-order valence-electron chi connectivity index (χ2n) is 2.33. The molecule has 0 radical (unpaired) electrons. The molecule has 1 fully saturated rings. The monoisotopic (exact) mass is 131 g/mol. The third-order valence-corrected chi connectivity index (χ3v) is 1.56. The van der Waals surface area contributed by atoms with Gasteiger partial charge >= 0.3 is 0 Å². The topological polar surface area (TPSA) is 44.5 Å². The normalized spacial score (nSPS) is 29.7. The van der Waals surface area contributed by atoms with E-state index in [1.807, 2.05) is 0 Å². The highest BCUT2D eigenvalue weighted by atomic mass is 16.6. The van der Waals surface area contributed by atoms with Gasteiger partial charge in [0.05, 0.1) is 6.61 Å². The van der Waals surface area contributed by atoms with E-state index in [0.717, 1.165) is 19.4 Å². The second kappa shape index (κ2) is 3.82. The highest BCUT2D eigenvalue weighted by Gasteiger charge is 2.10. The second-order valence-corrected chi connectivity index (χ2v) is 2.33. The summed E-state index contributed by atoms with van der Waals surface area (Å²) in [5.41, 5.74) is 0. The van der Waals surface area contributed by atoms with Crippen LogP contribution in [0.4, 0.5) is 0 Å². The molecule has 0 aliphatic carbocycles. The van der Waals surface area contributed by atoms with Crippen molar-refractivity contribution in [3.8, 4) is 0 Å². The van der Waals surface area contributed by atoms with Crippen LogP contribution in [0.15, 0.2) is 0 Å². The van der Waals surface area contributed by atoms with Gasteiger partial charge < -0.3 is 4.74 Å². The molecule has 0 bridgehead atoms. The average Bonchev–Trinajstić information content (AvgIpc) is 2.13. The van der Waals surface area contributed by atoms with Crippen LogP contribution in [-0.2, 0) is 9.57 Å². The zero-order valence-corrected chi connectivity index (χ0v) is 5.51. The zero-order chi connectivity index (χ0) is 6.53. The molecule has 0 saturated carbocycles. The molecule has 0 aromatic carbocycles. The first-order valence-electron chi connectivity index (χ1n) is 3.37. The Morgan fingerprint density at radius 1 is 1.44 bits per heavy atom. The highest BCUT2D eigenvalue weighted by Crippen LogP contribution is 2.08. The van der Waals surface area contributed by atoms with Crippen molar-refractivity contribution in [3.05, 3.63) is 0 Å². The van der Waals surface area contributed by atoms with Gasteiger partial charge in [0.25, 0.3) is 0 Å². The fourth-order valence-corrected chi connectivity index (χ4v) is 0.982. The summed E-state index contributed by atoms with van der Waals surface area (Å²) in [6.45, 7) is 1.52. The van der Waals surface area contributed by atoms with Gasteiger partial charge in [0, 0.05) is 6.61 Å². The Kier molecular flexibility index (Phi) is 2.97. The van der Waals surface area contributed by atoms with Crippen molar-refractivity contribution < 1.29 is 9.57 Å². The maximum absolute atomic E-state index is 5.19. The number of hydrogen-bond donors (Lipinski definition) is 1. The molecule has 2 N–H and O–H groups in total. The summed E-state index contributed by atoms with van der Waals surface area (Å²) >= 11 is 0. The van der Waals surface area contributed by atoms with Gasteiger partial charge in [-0.25, -0.2) is 5.90 Å². The van der Waals surface area contributed by atoms with Crippen LogP contribution in [0.1, 0.15) is 19.3 Å². The largest absolute Gasteiger partial charge is 0.379 e. The number of nitrogens with two attached hydrogens (primary N) is 1. The first-order valence-corrected chi connectivity index (χ1v) is 3.37. The molecule has 3 heteroatoms. The van der Waals surface area contributed by atoms with Crippen LogP contribution in [0.2, 0.25) is 0 Å². The molecule has 1 aliphatic rings. The minimum absolute atomic E-state index is 0.132. The first kappa shape index (κ1) is 6.99. The maximum atomic E-state index is 5.19. The minimum Gasteiger partial charge on any atom is -0.379 e. The molecule has 0 spiro atoms. The Hall–Kier alpha value is -0.120. The van der Waals surface area contributed by atoms with Crippen LogP contribution in [0, 0.1) is 0 Å². The molecular formula is C6H13NO2. The van der Waals surface area contributed by atoms with Crippen LogP contribution in [-0.4, -0.2) is 19.3 Å². The molecule has 0 aromatic heterocycles. The molecule has 0 aromatic rings. The van der Waals surface area contributed by atoms with Crippen LogP contribution < -0.4 is 5.90 Å². The first-order chi connectivity index (χ1) is 4.43. The fraction of sp³-hybridized carbons (Fsp3) is 1.00. The van der Waals surface area contributed by atoms with Crippen molar-refractivity contribution in [2.24, 2.45) is 5.90 Å². The molecule has 0 amide bonds. The van der Waals surface area contributed by atoms with Crippen molar-refractivity contribution in [2.75, 3.05) is 13.2 Å². The van der Waals surface area contributed by atoms with E-state index in [-0.39, 0.29) is 6.10 Å². The molecule has 1 atom stereocenters. The lowest BCUT2D eigenvalue weighted by Crippen LogP contribution is -2.21. The third-order valence-electron chi connectivity index (χ3n) is 1.56. The standard InChI is InChI=1S/C6H13NO2/c7-9-6-3-1-2-4-8-5-6/h6H,1-5,7H2. The van der Waals surface area contributed by atoms with Gasteiger partial charge in [-0.15, -0.1) is 0 Å². The number of hydrogen-bond acceptors (Lipinski definition) is 3. The Bertz CT molecular complexity index is 69.5. The molecule has 54 valence electrons. The highest BCUT2D eigenvalue weighted by molar-refractivity contribution is 4.59. The summed E-state index contributed by atoms with van der Waals surface area (Å²) < 4.78 is 5.19. The third kappa shape index (κ3) is 2.30. The van der Waals surface area contributed by atoms with Gasteiger partial charge in [-0.05, 0) is 19.3 Å². The average molecular weight is 131 g/mol. The molecular weight excluding hydrogens is 118 g/mol. The van der Waals surface area contributed by atoms with Gasteiger partial charge in [-0.2, -0.15) is 0 Å². The molecule has 1 rings (SSSR count). The van der Waals surface area contributed by atoms with Crippen molar-refractivity contribution in [1.29, 1.82) is 0 Å². The molecule has 1 unspecified atom stereocenters.